The molecule has 0 saturated heterocycles. The van der Waals surface area contributed by atoms with Crippen LogP contribution in [0.5, 0.6) is 0 Å². The topological polar surface area (TPSA) is 15.3 Å². The Morgan fingerprint density at radius 2 is 1.83 bits per heavy atom. The quantitative estimate of drug-likeness (QED) is 0.867. The summed E-state index contributed by atoms with van der Waals surface area (Å²) in [6.45, 7) is 4.76. The van der Waals surface area contributed by atoms with Gasteiger partial charge in [0.25, 0.3) is 0 Å². The number of hydrogen-bond donors (Lipinski definition) is 1. The molecule has 1 fully saturated rings. The summed E-state index contributed by atoms with van der Waals surface area (Å²) in [5, 5.41) is 3.76. The van der Waals surface area contributed by atoms with E-state index in [9.17, 15) is 0 Å². The normalized spacial score (nSPS) is 27.9. The molecule has 1 aromatic rings. The average molecular weight is 246 g/mol. The van der Waals surface area contributed by atoms with Crippen LogP contribution >= 0.6 is 0 Å². The van der Waals surface area contributed by atoms with E-state index in [-0.39, 0.29) is 0 Å². The molecule has 0 aromatic heterocycles. The van der Waals surface area contributed by atoms with Crippen LogP contribution in [-0.4, -0.2) is 20.1 Å². The van der Waals surface area contributed by atoms with Crippen molar-refractivity contribution in [2.45, 2.75) is 39.2 Å². The molecule has 3 atom stereocenters. The lowest BCUT2D eigenvalue weighted by Crippen LogP contribution is -2.33. The molecule has 2 rings (SSSR count). The van der Waals surface area contributed by atoms with Crippen LogP contribution in [0, 0.1) is 11.8 Å². The van der Waals surface area contributed by atoms with Gasteiger partial charge in [0.15, 0.2) is 0 Å². The summed E-state index contributed by atoms with van der Waals surface area (Å²) in [7, 11) is 4.21. The zero-order valence-electron chi connectivity index (χ0n) is 12.1. The van der Waals surface area contributed by atoms with E-state index in [1.807, 2.05) is 0 Å². The van der Waals surface area contributed by atoms with Crippen molar-refractivity contribution in [2.24, 2.45) is 11.8 Å². The monoisotopic (exact) mass is 246 g/mol. The molecule has 0 radical (unpaired) electrons. The molecule has 1 aliphatic carbocycles. The molecule has 0 aliphatic heterocycles. The smallest absolute Gasteiger partial charge is 0.0596 e. The predicted molar refractivity (Wildman–Crippen MR) is 80.4 cm³/mol. The van der Waals surface area contributed by atoms with Gasteiger partial charge in [-0.1, -0.05) is 26.0 Å². The number of benzene rings is 1. The van der Waals surface area contributed by atoms with Crippen LogP contribution in [0.25, 0.3) is 0 Å². The van der Waals surface area contributed by atoms with E-state index in [1.54, 1.807) is 0 Å². The summed E-state index contributed by atoms with van der Waals surface area (Å²) < 4.78 is 0. The lowest BCUT2D eigenvalue weighted by atomic mass is 9.80. The largest absolute Gasteiger partial charge is 0.380 e. The van der Waals surface area contributed by atoms with Crippen LogP contribution in [0.4, 0.5) is 11.4 Å². The number of hydrogen-bond acceptors (Lipinski definition) is 2. The minimum Gasteiger partial charge on any atom is -0.380 e. The van der Waals surface area contributed by atoms with E-state index in [0.29, 0.717) is 6.04 Å². The van der Waals surface area contributed by atoms with Crippen molar-refractivity contribution in [2.75, 3.05) is 24.3 Å². The van der Waals surface area contributed by atoms with Crippen LogP contribution in [0.2, 0.25) is 0 Å². The van der Waals surface area contributed by atoms with Gasteiger partial charge in [0.2, 0.25) is 0 Å². The van der Waals surface area contributed by atoms with Gasteiger partial charge in [-0.15, -0.1) is 0 Å². The zero-order chi connectivity index (χ0) is 13.1. The van der Waals surface area contributed by atoms with Crippen LogP contribution < -0.4 is 10.2 Å². The van der Waals surface area contributed by atoms with Crippen LogP contribution in [0.15, 0.2) is 24.3 Å². The second kappa shape index (κ2) is 5.64. The summed E-state index contributed by atoms with van der Waals surface area (Å²) in [5.74, 6) is 1.66. The van der Waals surface area contributed by atoms with Crippen LogP contribution in [0.1, 0.15) is 33.1 Å². The highest BCUT2D eigenvalue weighted by Gasteiger charge is 2.25. The number of nitrogens with one attached hydrogen (secondary N) is 1. The highest BCUT2D eigenvalue weighted by Crippen LogP contribution is 2.33. The molecule has 2 nitrogen and oxygen atoms in total. The molecule has 18 heavy (non-hydrogen) atoms. The number of rotatable bonds is 3. The van der Waals surface area contributed by atoms with Gasteiger partial charge in [-0.05, 0) is 43.2 Å². The van der Waals surface area contributed by atoms with Crippen molar-refractivity contribution >= 4 is 11.4 Å². The second-order valence-corrected chi connectivity index (χ2v) is 6.06. The standard InChI is InChI=1S/C16H26N2/c1-12-9-10-14(13(2)11-12)17-15-7-5-6-8-16(15)18(3)4/h5-8,12-14,17H,9-11H2,1-4H3. The third-order valence-corrected chi connectivity index (χ3v) is 4.16. The van der Waals surface area contributed by atoms with Crippen molar-refractivity contribution in [1.82, 2.24) is 0 Å². The van der Waals surface area contributed by atoms with Crippen molar-refractivity contribution < 1.29 is 0 Å². The number of nitrogens with zero attached hydrogens (tertiary/aromatic N) is 1. The summed E-state index contributed by atoms with van der Waals surface area (Å²) in [6.07, 6.45) is 4.00. The molecule has 3 unspecified atom stereocenters. The molecular formula is C16H26N2. The Morgan fingerprint density at radius 1 is 1.11 bits per heavy atom. The molecule has 0 bridgehead atoms. The molecule has 1 aromatic carbocycles. The fourth-order valence-electron chi connectivity index (χ4n) is 3.07. The Kier molecular flexibility index (Phi) is 4.15. The maximum absolute atomic E-state index is 3.76. The molecule has 0 spiro atoms. The van der Waals surface area contributed by atoms with E-state index in [2.05, 4.69) is 62.4 Å². The maximum atomic E-state index is 3.76. The first-order chi connectivity index (χ1) is 8.58. The fourth-order valence-corrected chi connectivity index (χ4v) is 3.07. The van der Waals surface area contributed by atoms with Gasteiger partial charge in [-0.25, -0.2) is 0 Å². The van der Waals surface area contributed by atoms with Crippen molar-refractivity contribution in [3.05, 3.63) is 24.3 Å². The summed E-state index contributed by atoms with van der Waals surface area (Å²) in [5.41, 5.74) is 2.55. The van der Waals surface area contributed by atoms with E-state index in [4.69, 9.17) is 0 Å². The van der Waals surface area contributed by atoms with Gasteiger partial charge >= 0.3 is 0 Å². The zero-order valence-corrected chi connectivity index (χ0v) is 12.1. The third-order valence-electron chi connectivity index (χ3n) is 4.16. The first-order valence-electron chi connectivity index (χ1n) is 7.11. The predicted octanol–water partition coefficient (Wildman–Crippen LogP) is 3.99. The summed E-state index contributed by atoms with van der Waals surface area (Å²) >= 11 is 0. The van der Waals surface area contributed by atoms with Gasteiger partial charge in [0.1, 0.15) is 0 Å². The molecular weight excluding hydrogens is 220 g/mol. The maximum Gasteiger partial charge on any atom is 0.0596 e. The average Bonchev–Trinajstić information content (AvgIpc) is 2.33. The summed E-state index contributed by atoms with van der Waals surface area (Å²) in [4.78, 5) is 2.18. The molecule has 0 heterocycles. The molecule has 0 amide bonds. The molecule has 2 heteroatoms. The highest BCUT2D eigenvalue weighted by atomic mass is 15.1. The van der Waals surface area contributed by atoms with E-state index in [1.165, 1.54) is 30.6 Å². The number of para-hydroxylation sites is 2. The van der Waals surface area contributed by atoms with E-state index in [0.717, 1.165) is 11.8 Å². The van der Waals surface area contributed by atoms with E-state index < -0.39 is 0 Å². The highest BCUT2D eigenvalue weighted by molar-refractivity contribution is 5.69. The first-order valence-corrected chi connectivity index (χ1v) is 7.11. The Bertz CT molecular complexity index is 386. The Balaban J connectivity index is 2.09. The fraction of sp³-hybridized carbons (Fsp3) is 0.625. The first kappa shape index (κ1) is 13.3. The Labute approximate surface area is 111 Å². The number of anilines is 2. The molecule has 1 N–H and O–H groups in total. The van der Waals surface area contributed by atoms with Crippen LogP contribution in [-0.2, 0) is 0 Å². The Hall–Kier alpha value is -1.18. The minimum absolute atomic E-state index is 0.627. The lowest BCUT2D eigenvalue weighted by molar-refractivity contribution is 0.276. The minimum atomic E-state index is 0.627. The van der Waals surface area contributed by atoms with Crippen molar-refractivity contribution in [1.29, 1.82) is 0 Å². The van der Waals surface area contributed by atoms with Crippen molar-refractivity contribution in [3.63, 3.8) is 0 Å². The van der Waals surface area contributed by atoms with Gasteiger partial charge < -0.3 is 10.2 Å². The van der Waals surface area contributed by atoms with Crippen LogP contribution in [0.3, 0.4) is 0 Å². The molecule has 1 aliphatic rings. The van der Waals surface area contributed by atoms with Gasteiger partial charge in [0.05, 0.1) is 11.4 Å². The van der Waals surface area contributed by atoms with Crippen molar-refractivity contribution in [3.8, 4) is 0 Å². The third kappa shape index (κ3) is 2.98. The Morgan fingerprint density at radius 3 is 2.50 bits per heavy atom. The van der Waals surface area contributed by atoms with Gasteiger partial charge in [-0.2, -0.15) is 0 Å². The van der Waals surface area contributed by atoms with E-state index >= 15 is 0 Å². The van der Waals surface area contributed by atoms with Gasteiger partial charge in [-0.3, -0.25) is 0 Å². The van der Waals surface area contributed by atoms with Gasteiger partial charge in [0, 0.05) is 20.1 Å². The molecule has 1 saturated carbocycles. The molecule has 100 valence electrons. The summed E-state index contributed by atoms with van der Waals surface area (Å²) in [6, 6.07) is 9.22. The lowest BCUT2D eigenvalue weighted by Gasteiger charge is -2.34. The second-order valence-electron chi connectivity index (χ2n) is 6.06. The SMILES string of the molecule is CC1CCC(Nc2ccccc2N(C)C)C(C)C1.